The first-order valence-electron chi connectivity index (χ1n) is 8.00. The molecule has 27 heavy (non-hydrogen) atoms. The number of fused-ring (bicyclic) bond motifs is 1. The number of rotatable bonds is 6. The quantitative estimate of drug-likeness (QED) is 0.653. The van der Waals surface area contributed by atoms with Crippen molar-refractivity contribution in [1.82, 2.24) is 4.57 Å². The maximum absolute atomic E-state index is 11.5. The van der Waals surface area contributed by atoms with Crippen molar-refractivity contribution in [1.29, 1.82) is 0 Å². The number of benzene rings is 2. The van der Waals surface area contributed by atoms with Crippen molar-refractivity contribution in [3.05, 3.63) is 41.0 Å². The van der Waals surface area contributed by atoms with Crippen LogP contribution in [0.5, 0.6) is 17.2 Å². The minimum Gasteiger partial charge on any atom is -0.493 e. The van der Waals surface area contributed by atoms with Crippen LogP contribution in [0.25, 0.3) is 10.9 Å². The molecule has 8 heteroatoms. The fourth-order valence-corrected chi connectivity index (χ4v) is 3.49. The maximum Gasteiger partial charge on any atom is 0.354 e. The molecule has 0 fully saturated rings. The summed E-state index contributed by atoms with van der Waals surface area (Å²) < 4.78 is 17.6. The minimum atomic E-state index is -1.09. The molecule has 0 spiro atoms. The second-order valence-corrected chi connectivity index (χ2v) is 6.14. The summed E-state index contributed by atoms with van der Waals surface area (Å²) in [5.41, 5.74) is 2.07. The summed E-state index contributed by atoms with van der Waals surface area (Å²) in [5.74, 6) is 0.390. The van der Waals surface area contributed by atoms with Gasteiger partial charge in [-0.3, -0.25) is 0 Å². The number of halogens is 1. The lowest BCUT2D eigenvalue weighted by Crippen LogP contribution is -2.04. The maximum atomic E-state index is 11.5. The number of carboxylic acids is 1. The minimum absolute atomic E-state index is 0.0332. The van der Waals surface area contributed by atoms with Gasteiger partial charge in [-0.2, -0.15) is 0 Å². The number of aromatic carboxylic acids is 1. The predicted octanol–water partition coefficient (Wildman–Crippen LogP) is 4.30. The third-order valence-corrected chi connectivity index (χ3v) is 4.68. The highest BCUT2D eigenvalue weighted by Crippen LogP contribution is 2.42. The molecule has 0 aliphatic rings. The molecule has 0 unspecified atom stereocenters. The Kier molecular flexibility index (Phi) is 5.05. The molecule has 3 aromatic rings. The van der Waals surface area contributed by atoms with Crippen molar-refractivity contribution in [3.8, 4) is 17.2 Å². The lowest BCUT2D eigenvalue weighted by Gasteiger charge is -2.15. The Morgan fingerprint density at radius 2 is 1.74 bits per heavy atom. The summed E-state index contributed by atoms with van der Waals surface area (Å²) in [6.45, 7) is 0. The number of anilines is 2. The Labute approximate surface area is 161 Å². The van der Waals surface area contributed by atoms with E-state index >= 15 is 0 Å². The Hall–Kier alpha value is -3.06. The van der Waals surface area contributed by atoms with Crippen molar-refractivity contribution < 1.29 is 24.1 Å². The van der Waals surface area contributed by atoms with Gasteiger partial charge in [0.25, 0.3) is 0 Å². The van der Waals surface area contributed by atoms with Crippen LogP contribution in [0.15, 0.2) is 30.3 Å². The van der Waals surface area contributed by atoms with Crippen LogP contribution in [-0.2, 0) is 7.05 Å². The zero-order chi connectivity index (χ0) is 19.7. The summed E-state index contributed by atoms with van der Waals surface area (Å²) in [4.78, 5) is 11.5. The largest absolute Gasteiger partial charge is 0.493 e. The van der Waals surface area contributed by atoms with Crippen LogP contribution in [0.4, 0.5) is 11.4 Å². The van der Waals surface area contributed by atoms with Crippen LogP contribution < -0.4 is 19.5 Å². The van der Waals surface area contributed by atoms with Crippen molar-refractivity contribution in [2.24, 2.45) is 7.05 Å². The van der Waals surface area contributed by atoms with Gasteiger partial charge in [-0.15, -0.1) is 0 Å². The molecule has 0 amide bonds. The lowest BCUT2D eigenvalue weighted by atomic mass is 10.2. The smallest absolute Gasteiger partial charge is 0.354 e. The van der Waals surface area contributed by atoms with Crippen molar-refractivity contribution >= 4 is 39.8 Å². The van der Waals surface area contributed by atoms with E-state index in [2.05, 4.69) is 5.32 Å². The van der Waals surface area contributed by atoms with E-state index in [9.17, 15) is 9.90 Å². The highest BCUT2D eigenvalue weighted by molar-refractivity contribution is 6.39. The number of aryl methyl sites for hydroxylation is 1. The Bertz CT molecular complexity index is 1000. The second-order valence-electron chi connectivity index (χ2n) is 5.77. The number of methoxy groups -OCH3 is 3. The molecular weight excluding hydrogens is 372 g/mol. The Morgan fingerprint density at radius 1 is 1.11 bits per heavy atom. The fourth-order valence-electron chi connectivity index (χ4n) is 3.09. The molecule has 2 N–H and O–H groups in total. The van der Waals surface area contributed by atoms with Gasteiger partial charge in [0, 0.05) is 35.9 Å². The molecule has 7 nitrogen and oxygen atoms in total. The number of hydrogen-bond donors (Lipinski definition) is 2. The molecule has 0 bridgehead atoms. The van der Waals surface area contributed by atoms with Gasteiger partial charge in [0.15, 0.2) is 11.5 Å². The second kappa shape index (κ2) is 7.28. The highest BCUT2D eigenvalue weighted by atomic mass is 35.5. The van der Waals surface area contributed by atoms with E-state index in [-0.39, 0.29) is 10.7 Å². The molecule has 0 aliphatic carbocycles. The normalized spacial score (nSPS) is 10.7. The van der Waals surface area contributed by atoms with Crippen LogP contribution in [0, 0.1) is 0 Å². The molecule has 0 atom stereocenters. The van der Waals surface area contributed by atoms with Crippen molar-refractivity contribution in [3.63, 3.8) is 0 Å². The first-order chi connectivity index (χ1) is 12.9. The van der Waals surface area contributed by atoms with Gasteiger partial charge in [-0.1, -0.05) is 17.7 Å². The van der Waals surface area contributed by atoms with Crippen molar-refractivity contribution in [2.75, 3.05) is 26.6 Å². The number of ether oxygens (including phenoxy) is 3. The number of carboxylic acid groups (broad SMARTS) is 1. The van der Waals surface area contributed by atoms with Gasteiger partial charge in [0.1, 0.15) is 5.69 Å². The predicted molar refractivity (Wildman–Crippen MR) is 104 cm³/mol. The van der Waals surface area contributed by atoms with Gasteiger partial charge < -0.3 is 29.2 Å². The summed E-state index contributed by atoms with van der Waals surface area (Å²) in [5, 5.41) is 13.5. The number of nitrogens with one attached hydrogen (secondary N) is 1. The Morgan fingerprint density at radius 3 is 2.26 bits per heavy atom. The molecule has 0 saturated carbocycles. The highest BCUT2D eigenvalue weighted by Gasteiger charge is 2.22. The average Bonchev–Trinajstić information content (AvgIpc) is 2.92. The zero-order valence-electron chi connectivity index (χ0n) is 15.3. The van der Waals surface area contributed by atoms with Gasteiger partial charge in [0.05, 0.1) is 31.9 Å². The van der Waals surface area contributed by atoms with Crippen LogP contribution in [0.3, 0.4) is 0 Å². The van der Waals surface area contributed by atoms with E-state index in [0.717, 1.165) is 0 Å². The third-order valence-electron chi connectivity index (χ3n) is 4.31. The van der Waals surface area contributed by atoms with Gasteiger partial charge in [-0.05, 0) is 12.1 Å². The standard InChI is InChI=1S/C19H19ClN2O5/c1-22-12-7-5-6-11(15(12)16(20)17(22)19(23)24)21-10-8-13(25-2)18(27-4)14(9-10)26-3/h5-9,21H,1-4H3,(H,23,24). The molecular formula is C19H19ClN2O5. The van der Waals surface area contributed by atoms with Crippen LogP contribution in [0.1, 0.15) is 10.5 Å². The summed E-state index contributed by atoms with van der Waals surface area (Å²) in [6, 6.07) is 8.98. The first kappa shape index (κ1) is 18.7. The number of carbonyl (C=O) groups is 1. The molecule has 0 saturated heterocycles. The molecule has 2 aromatic carbocycles. The molecule has 1 aromatic heterocycles. The number of aromatic nitrogens is 1. The molecule has 3 rings (SSSR count). The van der Waals surface area contributed by atoms with E-state index in [1.54, 1.807) is 23.7 Å². The van der Waals surface area contributed by atoms with E-state index in [0.29, 0.717) is 39.5 Å². The van der Waals surface area contributed by atoms with E-state index in [4.69, 9.17) is 25.8 Å². The van der Waals surface area contributed by atoms with Crippen LogP contribution in [0.2, 0.25) is 5.02 Å². The summed E-state index contributed by atoms with van der Waals surface area (Å²) in [6.07, 6.45) is 0. The molecule has 0 radical (unpaired) electrons. The van der Waals surface area contributed by atoms with Gasteiger partial charge >= 0.3 is 5.97 Å². The number of hydrogen-bond acceptors (Lipinski definition) is 5. The summed E-state index contributed by atoms with van der Waals surface area (Å²) in [7, 11) is 6.27. The van der Waals surface area contributed by atoms with E-state index in [1.807, 2.05) is 18.2 Å². The first-order valence-corrected chi connectivity index (χ1v) is 8.37. The van der Waals surface area contributed by atoms with E-state index < -0.39 is 5.97 Å². The van der Waals surface area contributed by atoms with Gasteiger partial charge in [-0.25, -0.2) is 4.79 Å². The van der Waals surface area contributed by atoms with Crippen molar-refractivity contribution in [2.45, 2.75) is 0 Å². The monoisotopic (exact) mass is 390 g/mol. The number of nitrogens with zero attached hydrogens (tertiary/aromatic N) is 1. The fraction of sp³-hybridized carbons (Fsp3) is 0.211. The SMILES string of the molecule is COc1cc(Nc2cccc3c2c(Cl)c(C(=O)O)n3C)cc(OC)c1OC. The van der Waals surface area contributed by atoms with E-state index in [1.165, 1.54) is 21.3 Å². The Balaban J connectivity index is 2.15. The zero-order valence-corrected chi connectivity index (χ0v) is 16.0. The summed E-state index contributed by atoms with van der Waals surface area (Å²) >= 11 is 6.38. The molecule has 1 heterocycles. The lowest BCUT2D eigenvalue weighted by molar-refractivity contribution is 0.0687. The molecule has 142 valence electrons. The van der Waals surface area contributed by atoms with Crippen LogP contribution in [-0.4, -0.2) is 37.0 Å². The topological polar surface area (TPSA) is 82.0 Å². The third kappa shape index (κ3) is 3.10. The van der Waals surface area contributed by atoms with Crippen LogP contribution >= 0.6 is 11.6 Å². The molecule has 0 aliphatic heterocycles. The van der Waals surface area contributed by atoms with Gasteiger partial charge in [0.2, 0.25) is 5.75 Å². The average molecular weight is 391 g/mol.